The maximum atomic E-state index is 11.7. The number of amides is 2. The van der Waals surface area contributed by atoms with Crippen molar-refractivity contribution in [2.24, 2.45) is 10.9 Å². The predicted molar refractivity (Wildman–Crippen MR) is 119 cm³/mol. The van der Waals surface area contributed by atoms with E-state index < -0.39 is 35.3 Å². The summed E-state index contributed by atoms with van der Waals surface area (Å²) in [6.45, 7) is 12.4. The fourth-order valence-corrected chi connectivity index (χ4v) is 2.21. The van der Waals surface area contributed by atoms with Crippen molar-refractivity contribution >= 4 is 24.7 Å². The molecule has 0 saturated carbocycles. The van der Waals surface area contributed by atoms with Gasteiger partial charge >= 0.3 is 12.2 Å². The zero-order valence-corrected chi connectivity index (χ0v) is 19.6. The van der Waals surface area contributed by atoms with Gasteiger partial charge in [-0.2, -0.15) is 4.99 Å². The predicted octanol–water partition coefficient (Wildman–Crippen LogP) is 5.31. The molecule has 32 heavy (non-hydrogen) atoms. The molecule has 176 valence electrons. The van der Waals surface area contributed by atoms with Crippen molar-refractivity contribution in [2.45, 2.75) is 65.7 Å². The van der Waals surface area contributed by atoms with E-state index in [1.165, 1.54) is 18.7 Å². The summed E-state index contributed by atoms with van der Waals surface area (Å²) in [4.78, 5) is 37.2. The van der Waals surface area contributed by atoms with Crippen molar-refractivity contribution in [3.8, 4) is 0 Å². The average molecular weight is 449 g/mol. The number of rotatable bonds is 5. The number of furan rings is 2. The molecule has 0 radical (unpaired) electrons. The van der Waals surface area contributed by atoms with E-state index in [0.717, 1.165) is 6.29 Å². The number of carbonyl (C=O) groups is 3. The Kier molecular flexibility index (Phi) is 9.90. The van der Waals surface area contributed by atoms with Gasteiger partial charge in [0.25, 0.3) is 0 Å². The number of ether oxygens (including phenoxy) is 2. The topological polar surface area (TPSA) is 120 Å². The van der Waals surface area contributed by atoms with Crippen LogP contribution in [0.4, 0.5) is 9.59 Å². The summed E-state index contributed by atoms with van der Waals surface area (Å²) in [6, 6.07) is 6.32. The van der Waals surface area contributed by atoms with E-state index in [1.54, 1.807) is 72.7 Å². The fourth-order valence-electron chi connectivity index (χ4n) is 2.21. The highest BCUT2D eigenvalue weighted by Crippen LogP contribution is 2.21. The lowest BCUT2D eigenvalue weighted by molar-refractivity contribution is -0.111. The minimum absolute atomic E-state index is 0.399. The molecule has 9 heteroatoms. The summed E-state index contributed by atoms with van der Waals surface area (Å²) < 4.78 is 20.3. The van der Waals surface area contributed by atoms with Gasteiger partial charge in [-0.05, 0) is 65.8 Å². The average Bonchev–Trinajstić information content (AvgIpc) is 3.35. The Morgan fingerprint density at radius 2 is 1.59 bits per heavy atom. The molecule has 2 aromatic rings. The van der Waals surface area contributed by atoms with Crippen LogP contribution in [0.2, 0.25) is 0 Å². The largest absolute Gasteiger partial charge is 0.467 e. The van der Waals surface area contributed by atoms with Crippen molar-refractivity contribution in [1.82, 2.24) is 5.32 Å². The number of nitrogens with one attached hydrogen (secondary N) is 1. The third kappa shape index (κ3) is 11.1. The molecule has 2 rings (SSSR count). The number of aliphatic imine (C=N–C) groups is 1. The molecule has 2 amide bonds. The van der Waals surface area contributed by atoms with Gasteiger partial charge in [-0.25, -0.2) is 9.59 Å². The van der Waals surface area contributed by atoms with Crippen LogP contribution in [0.5, 0.6) is 0 Å². The fraction of sp³-hybridized carbons (Fsp3) is 0.478. The lowest BCUT2D eigenvalue weighted by Crippen LogP contribution is -2.37. The van der Waals surface area contributed by atoms with Crippen LogP contribution >= 0.6 is 0 Å². The molecule has 0 fully saturated rings. The highest BCUT2D eigenvalue weighted by molar-refractivity contribution is 5.86. The normalized spacial score (nSPS) is 13.5. The third-order valence-electron chi connectivity index (χ3n) is 3.50. The van der Waals surface area contributed by atoms with Crippen LogP contribution in [-0.4, -0.2) is 35.9 Å². The summed E-state index contributed by atoms with van der Waals surface area (Å²) >= 11 is 0. The van der Waals surface area contributed by atoms with Gasteiger partial charge in [0.15, 0.2) is 0 Å². The quantitative estimate of drug-likeness (QED) is 0.486. The van der Waals surface area contributed by atoms with Crippen LogP contribution in [0.1, 0.15) is 66.0 Å². The van der Waals surface area contributed by atoms with Crippen molar-refractivity contribution in [1.29, 1.82) is 0 Å². The van der Waals surface area contributed by atoms with Gasteiger partial charge in [0.05, 0.1) is 24.8 Å². The van der Waals surface area contributed by atoms with Crippen molar-refractivity contribution in [3.05, 3.63) is 48.3 Å². The van der Waals surface area contributed by atoms with E-state index in [9.17, 15) is 14.4 Å². The van der Waals surface area contributed by atoms with E-state index in [-0.39, 0.29) is 0 Å². The molecule has 2 atom stereocenters. The van der Waals surface area contributed by atoms with Gasteiger partial charge in [0.1, 0.15) is 29.0 Å². The molecule has 1 N–H and O–H groups in total. The van der Waals surface area contributed by atoms with Gasteiger partial charge in [-0.3, -0.25) is 0 Å². The Bertz CT molecular complexity index is 857. The Morgan fingerprint density at radius 3 is 2.06 bits per heavy atom. The Labute approximate surface area is 188 Å². The summed E-state index contributed by atoms with van der Waals surface area (Å²) in [5, 5.41) is 2.64. The second-order valence-electron chi connectivity index (χ2n) is 8.89. The molecular formula is C23H32N2O7. The molecule has 2 heterocycles. The minimum atomic E-state index is -0.617. The van der Waals surface area contributed by atoms with Crippen molar-refractivity contribution in [3.63, 3.8) is 0 Å². The Morgan fingerprint density at radius 1 is 1.00 bits per heavy atom. The highest BCUT2D eigenvalue weighted by Gasteiger charge is 2.26. The summed E-state index contributed by atoms with van der Waals surface area (Å²) in [5.41, 5.74) is -1.10. The molecule has 0 aliphatic carbocycles. The molecule has 0 bridgehead atoms. The van der Waals surface area contributed by atoms with Gasteiger partial charge in [-0.1, -0.05) is 6.92 Å². The molecule has 0 aromatic carbocycles. The number of nitrogens with zero attached hydrogens (tertiary/aromatic N) is 1. The number of alkyl carbamates (subject to hydrolysis) is 1. The van der Waals surface area contributed by atoms with Crippen molar-refractivity contribution < 1.29 is 32.7 Å². The number of aldehydes is 1. The molecule has 0 spiro atoms. The second-order valence-corrected chi connectivity index (χ2v) is 8.89. The van der Waals surface area contributed by atoms with Crippen LogP contribution in [0.3, 0.4) is 0 Å². The minimum Gasteiger partial charge on any atom is -0.467 e. The molecule has 0 saturated heterocycles. The number of carbonyl (C=O) groups excluding carboxylic acids is 3. The second kappa shape index (κ2) is 11.9. The summed E-state index contributed by atoms with van der Waals surface area (Å²) in [7, 11) is 0. The smallest absolute Gasteiger partial charge is 0.434 e. The van der Waals surface area contributed by atoms with Crippen LogP contribution in [0.25, 0.3) is 0 Å². The molecule has 0 aliphatic heterocycles. The molecule has 2 aromatic heterocycles. The SMILES string of the molecule is CC(C)(C)OC(=O)N=Cc1ccco1.C[C@H](C=O)[C@H](NC(=O)OC(C)(C)C)c1ccco1. The lowest BCUT2D eigenvalue weighted by atomic mass is 10.0. The Balaban J connectivity index is 0.000000330. The summed E-state index contributed by atoms with van der Waals surface area (Å²) in [6.07, 6.45) is 3.91. The summed E-state index contributed by atoms with van der Waals surface area (Å²) in [5.74, 6) is 0.653. The maximum Gasteiger partial charge on any atom is 0.434 e. The van der Waals surface area contributed by atoms with Gasteiger partial charge in [0, 0.05) is 5.92 Å². The maximum absolute atomic E-state index is 11.7. The van der Waals surface area contributed by atoms with Crippen LogP contribution in [-0.2, 0) is 14.3 Å². The van der Waals surface area contributed by atoms with E-state index in [1.807, 2.05) is 0 Å². The highest BCUT2D eigenvalue weighted by atomic mass is 16.6. The first-order chi connectivity index (χ1) is 14.8. The lowest BCUT2D eigenvalue weighted by Gasteiger charge is -2.24. The number of hydrogen-bond donors (Lipinski definition) is 1. The van der Waals surface area contributed by atoms with E-state index in [4.69, 9.17) is 18.3 Å². The first kappa shape index (κ1) is 26.7. The first-order valence-electron chi connectivity index (χ1n) is 10.1. The molecule has 0 unspecified atom stereocenters. The van der Waals surface area contributed by atoms with E-state index in [2.05, 4.69) is 10.3 Å². The van der Waals surface area contributed by atoms with Crippen LogP contribution in [0.15, 0.2) is 50.6 Å². The molecular weight excluding hydrogens is 416 g/mol. The van der Waals surface area contributed by atoms with Gasteiger partial charge in [-0.15, -0.1) is 0 Å². The third-order valence-corrected chi connectivity index (χ3v) is 3.50. The molecule has 9 nitrogen and oxygen atoms in total. The first-order valence-corrected chi connectivity index (χ1v) is 10.1. The van der Waals surface area contributed by atoms with Crippen LogP contribution in [0, 0.1) is 5.92 Å². The zero-order valence-electron chi connectivity index (χ0n) is 19.6. The Hall–Kier alpha value is -3.36. The van der Waals surface area contributed by atoms with Crippen molar-refractivity contribution in [2.75, 3.05) is 0 Å². The molecule has 0 aliphatic rings. The van der Waals surface area contributed by atoms with Crippen LogP contribution < -0.4 is 5.32 Å². The van der Waals surface area contributed by atoms with E-state index in [0.29, 0.717) is 11.5 Å². The monoisotopic (exact) mass is 448 g/mol. The standard InChI is InChI=1S/C13H19NO4.C10H13NO3/c1-9(8-15)11(10-6-5-7-17-10)14-12(16)18-13(2,3)4;1-10(2,3)14-9(12)11-7-8-5-4-6-13-8/h5-9,11H,1-4H3,(H,14,16);4-7H,1-3H3/t9-,11+;/m1./s1. The van der Waals surface area contributed by atoms with Gasteiger partial charge in [0.2, 0.25) is 0 Å². The number of hydrogen-bond acceptors (Lipinski definition) is 7. The zero-order chi connectivity index (χ0) is 24.4. The van der Waals surface area contributed by atoms with E-state index >= 15 is 0 Å². The van der Waals surface area contributed by atoms with Gasteiger partial charge < -0.3 is 28.4 Å².